The molecule has 6 heteroatoms. The molecule has 0 aliphatic rings. The summed E-state index contributed by atoms with van der Waals surface area (Å²) >= 11 is 10.5. The smallest absolute Gasteiger partial charge is 0.147 e. The van der Waals surface area contributed by atoms with Gasteiger partial charge in [0.2, 0.25) is 0 Å². The zero-order valence-electron chi connectivity index (χ0n) is 7.92. The molecule has 0 radical (unpaired) electrons. The predicted molar refractivity (Wildman–Crippen MR) is 82.2 cm³/mol. The number of benzene rings is 1. The van der Waals surface area contributed by atoms with Crippen LogP contribution >= 0.6 is 56.8 Å². The van der Waals surface area contributed by atoms with Crippen molar-refractivity contribution in [2.45, 2.75) is 0 Å². The SMILES string of the molecule is Clc1cc(I)ccc1Nc1ncncc1I. The van der Waals surface area contributed by atoms with E-state index in [0.717, 1.165) is 18.6 Å². The molecule has 0 bridgehead atoms. The van der Waals surface area contributed by atoms with Crippen molar-refractivity contribution in [3.05, 3.63) is 42.9 Å². The minimum atomic E-state index is 0.682. The van der Waals surface area contributed by atoms with E-state index in [9.17, 15) is 0 Å². The molecule has 1 N–H and O–H groups in total. The molecule has 82 valence electrons. The number of rotatable bonds is 2. The molecule has 1 aromatic carbocycles. The molecule has 16 heavy (non-hydrogen) atoms. The van der Waals surface area contributed by atoms with Crippen molar-refractivity contribution < 1.29 is 0 Å². The second kappa shape index (κ2) is 5.46. The van der Waals surface area contributed by atoms with Gasteiger partial charge in [0, 0.05) is 9.77 Å². The Labute approximate surface area is 125 Å². The van der Waals surface area contributed by atoms with Gasteiger partial charge in [-0.25, -0.2) is 9.97 Å². The standard InChI is InChI=1S/C10H6ClI2N3/c11-7-3-6(12)1-2-9(7)16-10-8(13)4-14-5-15-10/h1-5H,(H,14,15,16). The van der Waals surface area contributed by atoms with Crippen LogP contribution in [0.1, 0.15) is 0 Å². The predicted octanol–water partition coefficient (Wildman–Crippen LogP) is 4.08. The van der Waals surface area contributed by atoms with Crippen molar-refractivity contribution in [3.8, 4) is 0 Å². The van der Waals surface area contributed by atoms with Crippen LogP contribution in [0.25, 0.3) is 0 Å². The highest BCUT2D eigenvalue weighted by atomic mass is 127. The molecule has 0 aliphatic carbocycles. The Bertz CT molecular complexity index is 519. The monoisotopic (exact) mass is 457 g/mol. The van der Waals surface area contributed by atoms with Gasteiger partial charge in [-0.05, 0) is 63.4 Å². The molecule has 0 unspecified atom stereocenters. The zero-order chi connectivity index (χ0) is 11.5. The molecular formula is C10H6ClI2N3. The van der Waals surface area contributed by atoms with Gasteiger partial charge in [0.15, 0.2) is 0 Å². The van der Waals surface area contributed by atoms with E-state index < -0.39 is 0 Å². The molecule has 2 aromatic rings. The zero-order valence-corrected chi connectivity index (χ0v) is 13.0. The maximum Gasteiger partial charge on any atom is 0.147 e. The molecule has 0 aliphatic heterocycles. The van der Waals surface area contributed by atoms with Crippen molar-refractivity contribution in [2.24, 2.45) is 0 Å². The first kappa shape index (κ1) is 12.3. The number of nitrogens with one attached hydrogen (secondary N) is 1. The van der Waals surface area contributed by atoms with Crippen molar-refractivity contribution in [2.75, 3.05) is 5.32 Å². The Kier molecular flexibility index (Phi) is 4.20. The Morgan fingerprint density at radius 2 is 2.06 bits per heavy atom. The number of aromatic nitrogens is 2. The van der Waals surface area contributed by atoms with Crippen LogP contribution in [0.2, 0.25) is 5.02 Å². The van der Waals surface area contributed by atoms with E-state index in [4.69, 9.17) is 11.6 Å². The Morgan fingerprint density at radius 1 is 1.25 bits per heavy atom. The third-order valence-electron chi connectivity index (χ3n) is 1.85. The first-order valence-electron chi connectivity index (χ1n) is 4.34. The summed E-state index contributed by atoms with van der Waals surface area (Å²) in [4.78, 5) is 8.08. The number of anilines is 2. The summed E-state index contributed by atoms with van der Waals surface area (Å²) in [6.07, 6.45) is 3.25. The second-order valence-electron chi connectivity index (χ2n) is 2.97. The van der Waals surface area contributed by atoms with Gasteiger partial charge in [-0.2, -0.15) is 0 Å². The van der Waals surface area contributed by atoms with Gasteiger partial charge in [0.25, 0.3) is 0 Å². The maximum atomic E-state index is 6.12. The second-order valence-corrected chi connectivity index (χ2v) is 5.78. The van der Waals surface area contributed by atoms with E-state index in [1.807, 2.05) is 18.2 Å². The normalized spacial score (nSPS) is 10.2. The molecular weight excluding hydrogens is 451 g/mol. The fraction of sp³-hybridized carbons (Fsp3) is 0. The molecule has 0 spiro atoms. The van der Waals surface area contributed by atoms with Gasteiger partial charge < -0.3 is 5.32 Å². The van der Waals surface area contributed by atoms with Crippen LogP contribution in [0.5, 0.6) is 0 Å². The van der Waals surface area contributed by atoms with E-state index in [1.165, 1.54) is 6.33 Å². The van der Waals surface area contributed by atoms with Crippen molar-refractivity contribution in [3.63, 3.8) is 0 Å². The topological polar surface area (TPSA) is 37.8 Å². The minimum Gasteiger partial charge on any atom is -0.338 e. The Hall–Kier alpha value is -0.150. The molecule has 2 rings (SSSR count). The van der Waals surface area contributed by atoms with E-state index >= 15 is 0 Å². The summed E-state index contributed by atoms with van der Waals surface area (Å²) in [5.74, 6) is 0.763. The highest BCUT2D eigenvalue weighted by molar-refractivity contribution is 14.1. The molecule has 0 saturated heterocycles. The fourth-order valence-electron chi connectivity index (χ4n) is 1.12. The molecule has 0 fully saturated rings. The van der Waals surface area contributed by atoms with Crippen LogP contribution < -0.4 is 5.32 Å². The quantitative estimate of drug-likeness (QED) is 0.691. The fourth-order valence-corrected chi connectivity index (χ4v) is 2.46. The molecule has 1 heterocycles. The van der Waals surface area contributed by atoms with E-state index in [2.05, 4.69) is 60.5 Å². The van der Waals surface area contributed by atoms with Crippen molar-refractivity contribution in [1.29, 1.82) is 0 Å². The summed E-state index contributed by atoms with van der Waals surface area (Å²) in [5.41, 5.74) is 0.846. The van der Waals surface area contributed by atoms with Gasteiger partial charge in [-0.1, -0.05) is 11.6 Å². The number of hydrogen-bond acceptors (Lipinski definition) is 3. The van der Waals surface area contributed by atoms with E-state index in [1.54, 1.807) is 6.20 Å². The summed E-state index contributed by atoms with van der Waals surface area (Å²) in [5, 5.41) is 3.86. The summed E-state index contributed by atoms with van der Waals surface area (Å²) in [7, 11) is 0. The lowest BCUT2D eigenvalue weighted by atomic mass is 10.3. The number of nitrogens with zero attached hydrogens (tertiary/aromatic N) is 2. The first-order chi connectivity index (χ1) is 7.66. The highest BCUT2D eigenvalue weighted by Gasteiger charge is 2.04. The third-order valence-corrected chi connectivity index (χ3v) is 3.62. The van der Waals surface area contributed by atoms with E-state index in [0.29, 0.717) is 5.02 Å². The van der Waals surface area contributed by atoms with Gasteiger partial charge in [-0.15, -0.1) is 0 Å². The average Bonchev–Trinajstić information content (AvgIpc) is 2.25. The first-order valence-corrected chi connectivity index (χ1v) is 6.88. The maximum absolute atomic E-state index is 6.12. The molecule has 3 nitrogen and oxygen atoms in total. The van der Waals surface area contributed by atoms with Crippen molar-refractivity contribution in [1.82, 2.24) is 9.97 Å². The van der Waals surface area contributed by atoms with Gasteiger partial charge in [0.1, 0.15) is 12.1 Å². The number of halogens is 3. The van der Waals surface area contributed by atoms with E-state index in [-0.39, 0.29) is 0 Å². The van der Waals surface area contributed by atoms with Crippen LogP contribution in [-0.2, 0) is 0 Å². The average molecular weight is 457 g/mol. The summed E-state index contributed by atoms with van der Waals surface area (Å²) < 4.78 is 2.06. The third kappa shape index (κ3) is 2.95. The van der Waals surface area contributed by atoms with Gasteiger partial charge in [-0.3, -0.25) is 0 Å². The summed E-state index contributed by atoms with van der Waals surface area (Å²) in [6.45, 7) is 0. The molecule has 1 aromatic heterocycles. The Balaban J connectivity index is 2.31. The largest absolute Gasteiger partial charge is 0.338 e. The Morgan fingerprint density at radius 3 is 2.75 bits per heavy atom. The number of hydrogen-bond donors (Lipinski definition) is 1. The highest BCUT2D eigenvalue weighted by Crippen LogP contribution is 2.27. The van der Waals surface area contributed by atoms with Crippen LogP contribution in [-0.4, -0.2) is 9.97 Å². The van der Waals surface area contributed by atoms with Crippen LogP contribution in [0.15, 0.2) is 30.7 Å². The van der Waals surface area contributed by atoms with Crippen LogP contribution in [0.3, 0.4) is 0 Å². The van der Waals surface area contributed by atoms with Crippen LogP contribution in [0.4, 0.5) is 11.5 Å². The lowest BCUT2D eigenvalue weighted by molar-refractivity contribution is 1.15. The molecule has 0 amide bonds. The van der Waals surface area contributed by atoms with Gasteiger partial charge >= 0.3 is 0 Å². The minimum absolute atomic E-state index is 0.682. The molecule has 0 atom stereocenters. The lowest BCUT2D eigenvalue weighted by Gasteiger charge is -2.08. The summed E-state index contributed by atoms with van der Waals surface area (Å²) in [6, 6.07) is 5.82. The van der Waals surface area contributed by atoms with Crippen LogP contribution in [0, 0.1) is 7.14 Å². The lowest BCUT2D eigenvalue weighted by Crippen LogP contribution is -1.97. The van der Waals surface area contributed by atoms with Crippen molar-refractivity contribution >= 4 is 68.3 Å². The molecule has 0 saturated carbocycles. The van der Waals surface area contributed by atoms with Gasteiger partial charge in [0.05, 0.1) is 14.3 Å².